The van der Waals surface area contributed by atoms with Gasteiger partial charge in [0.1, 0.15) is 16.9 Å². The van der Waals surface area contributed by atoms with E-state index in [-0.39, 0.29) is 24.4 Å². The third-order valence-electron chi connectivity index (χ3n) is 7.76. The number of hydrogen-bond acceptors (Lipinski definition) is 8. The molecule has 0 N–H and O–H groups in total. The smallest absolute Gasteiger partial charge is 0.421 e. The lowest BCUT2D eigenvalue weighted by Gasteiger charge is -2.37. The third kappa shape index (κ3) is 5.00. The number of carbonyl (C=O) groups is 4. The zero-order valence-corrected chi connectivity index (χ0v) is 26.7. The van der Waals surface area contributed by atoms with E-state index in [0.717, 1.165) is 4.90 Å². The Morgan fingerprint density at radius 2 is 1.61 bits per heavy atom. The van der Waals surface area contributed by atoms with Crippen molar-refractivity contribution < 1.29 is 33.4 Å². The van der Waals surface area contributed by atoms with Crippen molar-refractivity contribution >= 4 is 51.3 Å². The van der Waals surface area contributed by atoms with Gasteiger partial charge in [-0.05, 0) is 56.5 Å². The molecule has 228 valence electrons. The van der Waals surface area contributed by atoms with E-state index < -0.39 is 46.4 Å². The van der Waals surface area contributed by atoms with Gasteiger partial charge in [-0.2, -0.15) is 0 Å². The number of methoxy groups -OCH3 is 1. The molecule has 0 aromatic heterocycles. The van der Waals surface area contributed by atoms with Crippen molar-refractivity contribution in [2.24, 2.45) is 10.9 Å². The SMILES string of the molecule is CCOC(=O)C1C2(C(=O)N(C(=O)OC(C)(C)C)c3cc(Br)ccc32)C(c2ccccc2)=N[C@]1(Cc1ccccc1)C(=O)OC. The predicted octanol–water partition coefficient (Wildman–Crippen LogP) is 5.81. The zero-order chi connectivity index (χ0) is 31.9. The highest BCUT2D eigenvalue weighted by molar-refractivity contribution is 9.10. The Bertz CT molecular complexity index is 1650. The summed E-state index contributed by atoms with van der Waals surface area (Å²) >= 11 is 3.46. The van der Waals surface area contributed by atoms with Gasteiger partial charge in [0, 0.05) is 10.9 Å². The van der Waals surface area contributed by atoms with Crippen LogP contribution in [0.15, 0.2) is 88.3 Å². The van der Waals surface area contributed by atoms with Crippen LogP contribution in [0.2, 0.25) is 0 Å². The minimum atomic E-state index is -1.95. The lowest BCUT2D eigenvalue weighted by molar-refractivity contribution is -0.162. The van der Waals surface area contributed by atoms with Crippen LogP contribution in [0.3, 0.4) is 0 Å². The second kappa shape index (κ2) is 11.6. The van der Waals surface area contributed by atoms with Gasteiger partial charge < -0.3 is 14.2 Å². The van der Waals surface area contributed by atoms with Crippen molar-refractivity contribution in [2.75, 3.05) is 18.6 Å². The van der Waals surface area contributed by atoms with Gasteiger partial charge in [-0.1, -0.05) is 82.7 Å². The third-order valence-corrected chi connectivity index (χ3v) is 8.26. The minimum Gasteiger partial charge on any atom is -0.467 e. The number of hydrogen-bond donors (Lipinski definition) is 0. The molecule has 2 aliphatic heterocycles. The van der Waals surface area contributed by atoms with Gasteiger partial charge in [-0.15, -0.1) is 0 Å². The van der Waals surface area contributed by atoms with Gasteiger partial charge in [-0.3, -0.25) is 14.6 Å². The number of ether oxygens (including phenoxy) is 3. The average Bonchev–Trinajstić information content (AvgIpc) is 3.42. The Morgan fingerprint density at radius 1 is 0.977 bits per heavy atom. The molecule has 10 heteroatoms. The highest BCUT2D eigenvalue weighted by Crippen LogP contribution is 2.58. The standard InChI is InChI=1S/C34H33BrN2O7/c1-6-43-28(38)26-33(30(40)42-5,20-21-13-9-7-10-14-21)36-27(22-15-11-8-12-16-22)34(26)24-18-17-23(35)19-25(24)37(29(34)39)31(41)44-32(2,3)4/h7-19,26H,6,20H2,1-5H3/t26?,33-,34?/m0/s1. The van der Waals surface area contributed by atoms with Crippen molar-refractivity contribution in [2.45, 2.75) is 50.7 Å². The van der Waals surface area contributed by atoms with Gasteiger partial charge in [0.05, 0.1) is 25.1 Å². The van der Waals surface area contributed by atoms with Crippen molar-refractivity contribution in [3.05, 3.63) is 100 Å². The number of carbonyl (C=O) groups excluding carboxylic acids is 4. The number of nitrogens with zero attached hydrogens (tertiary/aromatic N) is 2. The van der Waals surface area contributed by atoms with E-state index in [1.807, 2.05) is 30.3 Å². The molecule has 2 aliphatic rings. The molecule has 5 rings (SSSR count). The van der Waals surface area contributed by atoms with Crippen molar-refractivity contribution in [3.8, 4) is 0 Å². The zero-order valence-electron chi connectivity index (χ0n) is 25.1. The second-order valence-corrected chi connectivity index (χ2v) is 12.6. The number of esters is 2. The summed E-state index contributed by atoms with van der Waals surface area (Å²) in [4.78, 5) is 63.4. The molecular formula is C34H33BrN2O7. The first-order chi connectivity index (χ1) is 20.9. The number of imide groups is 1. The maximum absolute atomic E-state index is 15.1. The summed E-state index contributed by atoms with van der Waals surface area (Å²) in [5, 5.41) is 0. The molecule has 0 radical (unpaired) electrons. The molecular weight excluding hydrogens is 628 g/mol. The molecule has 0 saturated carbocycles. The number of halogens is 1. The van der Waals surface area contributed by atoms with E-state index in [4.69, 9.17) is 19.2 Å². The molecule has 44 heavy (non-hydrogen) atoms. The lowest BCUT2D eigenvalue weighted by atomic mass is 9.61. The van der Waals surface area contributed by atoms with Gasteiger partial charge in [0.25, 0.3) is 5.91 Å². The van der Waals surface area contributed by atoms with Crippen LogP contribution < -0.4 is 4.90 Å². The number of benzene rings is 3. The van der Waals surface area contributed by atoms with Crippen molar-refractivity contribution in [1.82, 2.24) is 0 Å². The molecule has 2 heterocycles. The number of amides is 2. The first-order valence-corrected chi connectivity index (χ1v) is 15.0. The van der Waals surface area contributed by atoms with E-state index in [1.54, 1.807) is 76.2 Å². The van der Waals surface area contributed by atoms with Gasteiger partial charge in [0.2, 0.25) is 0 Å². The topological polar surface area (TPSA) is 112 Å². The van der Waals surface area contributed by atoms with Crippen LogP contribution >= 0.6 is 15.9 Å². The van der Waals surface area contributed by atoms with Crippen LogP contribution in [0, 0.1) is 5.92 Å². The van der Waals surface area contributed by atoms with Gasteiger partial charge in [-0.25, -0.2) is 14.5 Å². The van der Waals surface area contributed by atoms with Crippen LogP contribution in [0.25, 0.3) is 0 Å². The number of fused-ring (bicyclic) bond motifs is 2. The van der Waals surface area contributed by atoms with E-state index in [9.17, 15) is 14.4 Å². The van der Waals surface area contributed by atoms with Gasteiger partial charge in [0.15, 0.2) is 5.54 Å². The summed E-state index contributed by atoms with van der Waals surface area (Å²) in [7, 11) is 1.22. The highest BCUT2D eigenvalue weighted by Gasteiger charge is 2.74. The summed E-state index contributed by atoms with van der Waals surface area (Å²) in [5.41, 5.74) is -2.97. The van der Waals surface area contributed by atoms with Crippen LogP contribution in [-0.4, -0.2) is 54.5 Å². The fourth-order valence-corrected chi connectivity index (χ4v) is 6.56. The number of rotatable bonds is 6. The molecule has 2 amide bonds. The Kier molecular flexibility index (Phi) is 8.24. The summed E-state index contributed by atoms with van der Waals surface area (Å²) < 4.78 is 17.3. The van der Waals surface area contributed by atoms with Crippen molar-refractivity contribution in [3.63, 3.8) is 0 Å². The van der Waals surface area contributed by atoms with Crippen LogP contribution in [0.5, 0.6) is 0 Å². The number of aliphatic imine (C=N–C) groups is 1. The minimum absolute atomic E-state index is 0.0220. The van der Waals surface area contributed by atoms with E-state index in [0.29, 0.717) is 21.2 Å². The summed E-state index contributed by atoms with van der Waals surface area (Å²) in [6.07, 6.45) is -0.999. The Balaban J connectivity index is 1.90. The molecule has 0 saturated heterocycles. The molecule has 9 nitrogen and oxygen atoms in total. The molecule has 0 fully saturated rings. The van der Waals surface area contributed by atoms with E-state index in [1.165, 1.54) is 7.11 Å². The van der Waals surface area contributed by atoms with Crippen LogP contribution in [0.4, 0.5) is 10.5 Å². The molecule has 3 aromatic carbocycles. The molecule has 3 atom stereocenters. The first-order valence-electron chi connectivity index (χ1n) is 14.2. The predicted molar refractivity (Wildman–Crippen MR) is 168 cm³/mol. The second-order valence-electron chi connectivity index (χ2n) is 11.7. The Hall–Kier alpha value is -4.31. The summed E-state index contributed by atoms with van der Waals surface area (Å²) in [6, 6.07) is 22.9. The number of anilines is 1. The maximum Gasteiger partial charge on any atom is 0.421 e. The first kappa shape index (κ1) is 31.1. The molecule has 0 bridgehead atoms. The summed E-state index contributed by atoms with van der Waals surface area (Å²) in [6.45, 7) is 6.70. The van der Waals surface area contributed by atoms with Crippen LogP contribution in [-0.2, 0) is 40.4 Å². The largest absolute Gasteiger partial charge is 0.467 e. The van der Waals surface area contributed by atoms with Crippen LogP contribution in [0.1, 0.15) is 44.4 Å². The quantitative estimate of drug-likeness (QED) is 0.242. The maximum atomic E-state index is 15.1. The molecule has 3 aromatic rings. The molecule has 0 aliphatic carbocycles. The Labute approximate surface area is 264 Å². The van der Waals surface area contributed by atoms with E-state index >= 15 is 4.79 Å². The normalized spacial score (nSPS) is 22.4. The van der Waals surface area contributed by atoms with Gasteiger partial charge >= 0.3 is 18.0 Å². The molecule has 2 unspecified atom stereocenters. The average molecular weight is 662 g/mol. The summed E-state index contributed by atoms with van der Waals surface area (Å²) in [5.74, 6) is -3.96. The molecule has 1 spiro atoms. The lowest BCUT2D eigenvalue weighted by Crippen LogP contribution is -2.60. The highest BCUT2D eigenvalue weighted by atomic mass is 79.9. The monoisotopic (exact) mass is 660 g/mol. The Morgan fingerprint density at radius 3 is 2.20 bits per heavy atom. The fourth-order valence-electron chi connectivity index (χ4n) is 6.21. The van der Waals surface area contributed by atoms with E-state index in [2.05, 4.69) is 15.9 Å². The van der Waals surface area contributed by atoms with Crippen molar-refractivity contribution in [1.29, 1.82) is 0 Å². The fraction of sp³-hybridized carbons (Fsp3) is 0.324.